The second-order valence-corrected chi connectivity index (χ2v) is 4.65. The molecule has 0 aliphatic rings. The van der Waals surface area contributed by atoms with Crippen molar-refractivity contribution in [3.63, 3.8) is 0 Å². The average molecular weight is 286 g/mol. The minimum atomic E-state index is -0.942. The molecule has 0 radical (unpaired) electrons. The van der Waals surface area contributed by atoms with Gasteiger partial charge >= 0.3 is 6.03 Å². The summed E-state index contributed by atoms with van der Waals surface area (Å²) < 4.78 is 25.9. The van der Waals surface area contributed by atoms with Crippen molar-refractivity contribution in [3.05, 3.63) is 35.4 Å². The number of benzene rings is 1. The molecule has 20 heavy (non-hydrogen) atoms. The molecule has 112 valence electrons. The number of hydrogen-bond acceptors (Lipinski definition) is 2. The number of rotatable bonds is 6. The lowest BCUT2D eigenvalue weighted by Gasteiger charge is -2.16. The van der Waals surface area contributed by atoms with E-state index < -0.39 is 29.8 Å². The summed E-state index contributed by atoms with van der Waals surface area (Å²) >= 11 is 0. The number of nitrogens with one attached hydrogen (secondary N) is 2. The molecule has 0 spiro atoms. The number of aliphatic hydroxyl groups excluding tert-OH is 1. The lowest BCUT2D eigenvalue weighted by atomic mass is 10.1. The van der Waals surface area contributed by atoms with E-state index >= 15 is 0 Å². The van der Waals surface area contributed by atoms with Gasteiger partial charge in [0.1, 0.15) is 0 Å². The molecule has 0 saturated heterocycles. The molecule has 1 aromatic carbocycles. The summed E-state index contributed by atoms with van der Waals surface area (Å²) in [6.45, 7) is 3.88. The Kier molecular flexibility index (Phi) is 6.38. The summed E-state index contributed by atoms with van der Waals surface area (Å²) in [5.41, 5.74) is 0.479. The molecule has 0 saturated carbocycles. The van der Waals surface area contributed by atoms with Gasteiger partial charge in [0.25, 0.3) is 0 Å². The predicted molar refractivity (Wildman–Crippen MR) is 72.2 cm³/mol. The maximum Gasteiger partial charge on any atom is 0.315 e. The van der Waals surface area contributed by atoms with Gasteiger partial charge < -0.3 is 15.7 Å². The maximum atomic E-state index is 13.1. The average Bonchev–Trinajstić information content (AvgIpc) is 2.41. The van der Waals surface area contributed by atoms with Crippen LogP contribution in [0.25, 0.3) is 0 Å². The van der Waals surface area contributed by atoms with E-state index in [9.17, 15) is 18.7 Å². The van der Waals surface area contributed by atoms with E-state index in [2.05, 4.69) is 10.6 Å². The van der Waals surface area contributed by atoms with Crippen LogP contribution in [0.2, 0.25) is 0 Å². The SMILES string of the molecule is CCC(O)CCNC(=O)NC(C)c1ccc(F)c(F)c1. The first-order valence-corrected chi connectivity index (χ1v) is 6.61. The van der Waals surface area contributed by atoms with E-state index in [0.29, 0.717) is 24.9 Å². The molecule has 0 aliphatic heterocycles. The van der Waals surface area contributed by atoms with Crippen molar-refractivity contribution in [2.75, 3.05) is 6.54 Å². The zero-order valence-electron chi connectivity index (χ0n) is 11.6. The fourth-order valence-corrected chi connectivity index (χ4v) is 1.67. The molecule has 0 bridgehead atoms. The number of halogens is 2. The normalized spacial score (nSPS) is 13.7. The van der Waals surface area contributed by atoms with E-state index in [0.717, 1.165) is 12.1 Å². The Morgan fingerprint density at radius 1 is 1.35 bits per heavy atom. The molecular formula is C14H20F2N2O2. The minimum Gasteiger partial charge on any atom is -0.393 e. The van der Waals surface area contributed by atoms with E-state index in [1.807, 2.05) is 6.92 Å². The summed E-state index contributed by atoms with van der Waals surface area (Å²) in [6.07, 6.45) is 0.678. The van der Waals surface area contributed by atoms with Gasteiger partial charge in [0.05, 0.1) is 12.1 Å². The summed E-state index contributed by atoms with van der Waals surface area (Å²) in [7, 11) is 0. The maximum absolute atomic E-state index is 13.1. The smallest absolute Gasteiger partial charge is 0.315 e. The highest BCUT2D eigenvalue weighted by Gasteiger charge is 2.12. The Balaban J connectivity index is 2.43. The molecule has 3 N–H and O–H groups in total. The van der Waals surface area contributed by atoms with Crippen molar-refractivity contribution in [1.29, 1.82) is 0 Å². The summed E-state index contributed by atoms with van der Waals surface area (Å²) in [6, 6.07) is 2.65. The van der Waals surface area contributed by atoms with Crippen LogP contribution in [-0.2, 0) is 0 Å². The van der Waals surface area contributed by atoms with Gasteiger partial charge in [-0.05, 0) is 37.5 Å². The second-order valence-electron chi connectivity index (χ2n) is 4.65. The van der Waals surface area contributed by atoms with Crippen molar-refractivity contribution in [3.8, 4) is 0 Å². The molecule has 0 fully saturated rings. The van der Waals surface area contributed by atoms with Crippen LogP contribution in [0.15, 0.2) is 18.2 Å². The largest absolute Gasteiger partial charge is 0.393 e. The highest BCUT2D eigenvalue weighted by atomic mass is 19.2. The number of amides is 2. The summed E-state index contributed by atoms with van der Waals surface area (Å²) in [5, 5.41) is 14.5. The van der Waals surface area contributed by atoms with E-state index in [4.69, 9.17) is 0 Å². The molecule has 4 nitrogen and oxygen atoms in total. The van der Waals surface area contributed by atoms with Gasteiger partial charge in [-0.15, -0.1) is 0 Å². The summed E-state index contributed by atoms with van der Waals surface area (Å²) in [5.74, 6) is -1.86. The van der Waals surface area contributed by atoms with Crippen LogP contribution < -0.4 is 10.6 Å². The molecule has 0 aliphatic carbocycles. The van der Waals surface area contributed by atoms with Crippen LogP contribution in [0.4, 0.5) is 13.6 Å². The van der Waals surface area contributed by atoms with E-state index in [-0.39, 0.29) is 0 Å². The number of carbonyl (C=O) groups is 1. The quantitative estimate of drug-likeness (QED) is 0.752. The number of aliphatic hydroxyl groups is 1. The van der Waals surface area contributed by atoms with Gasteiger partial charge in [-0.2, -0.15) is 0 Å². The molecule has 1 aromatic rings. The first kappa shape index (κ1) is 16.4. The Morgan fingerprint density at radius 3 is 2.65 bits per heavy atom. The highest BCUT2D eigenvalue weighted by molar-refractivity contribution is 5.74. The van der Waals surface area contributed by atoms with Gasteiger partial charge in [-0.3, -0.25) is 0 Å². The lowest BCUT2D eigenvalue weighted by Crippen LogP contribution is -2.38. The van der Waals surface area contributed by atoms with Crippen LogP contribution in [0.1, 0.15) is 38.3 Å². The topological polar surface area (TPSA) is 61.4 Å². The molecule has 2 unspecified atom stereocenters. The van der Waals surface area contributed by atoms with Gasteiger partial charge in [0.15, 0.2) is 11.6 Å². The highest BCUT2D eigenvalue weighted by Crippen LogP contribution is 2.15. The summed E-state index contributed by atoms with van der Waals surface area (Å²) in [4.78, 5) is 11.6. The number of urea groups is 1. The fraction of sp³-hybridized carbons (Fsp3) is 0.500. The third-order valence-corrected chi connectivity index (χ3v) is 3.03. The van der Waals surface area contributed by atoms with Crippen molar-refractivity contribution >= 4 is 6.03 Å². The van der Waals surface area contributed by atoms with Gasteiger partial charge in [-0.25, -0.2) is 13.6 Å². The molecule has 1 rings (SSSR count). The third kappa shape index (κ3) is 5.13. The molecule has 2 atom stereocenters. The Bertz CT molecular complexity index is 455. The molecule has 6 heteroatoms. The monoisotopic (exact) mass is 286 g/mol. The first-order chi connectivity index (χ1) is 9.43. The van der Waals surface area contributed by atoms with Crippen LogP contribution in [0.5, 0.6) is 0 Å². The van der Waals surface area contributed by atoms with Crippen molar-refractivity contribution in [2.45, 2.75) is 38.8 Å². The fourth-order valence-electron chi connectivity index (χ4n) is 1.67. The minimum absolute atomic E-state index is 0.353. The second kappa shape index (κ2) is 7.79. The first-order valence-electron chi connectivity index (χ1n) is 6.61. The number of hydrogen-bond donors (Lipinski definition) is 3. The zero-order chi connectivity index (χ0) is 15.1. The van der Waals surface area contributed by atoms with Crippen LogP contribution in [0, 0.1) is 11.6 Å². The molecular weight excluding hydrogens is 266 g/mol. The van der Waals surface area contributed by atoms with Crippen molar-refractivity contribution in [2.24, 2.45) is 0 Å². The predicted octanol–water partition coefficient (Wildman–Crippen LogP) is 2.49. The number of carbonyl (C=O) groups excluding carboxylic acids is 1. The Morgan fingerprint density at radius 2 is 2.05 bits per heavy atom. The van der Waals surface area contributed by atoms with Crippen molar-refractivity contribution in [1.82, 2.24) is 10.6 Å². The lowest BCUT2D eigenvalue weighted by molar-refractivity contribution is 0.160. The standard InChI is InChI=1S/C14H20F2N2O2/c1-3-11(19)6-7-17-14(20)18-9(2)10-4-5-12(15)13(16)8-10/h4-5,8-9,11,19H,3,6-7H2,1-2H3,(H2,17,18,20). The molecule has 0 heterocycles. The van der Waals surface area contributed by atoms with Crippen LogP contribution in [0.3, 0.4) is 0 Å². The van der Waals surface area contributed by atoms with Crippen LogP contribution >= 0.6 is 0 Å². The van der Waals surface area contributed by atoms with E-state index in [1.165, 1.54) is 6.07 Å². The van der Waals surface area contributed by atoms with Crippen LogP contribution in [-0.4, -0.2) is 23.8 Å². The third-order valence-electron chi connectivity index (χ3n) is 3.03. The Hall–Kier alpha value is -1.69. The van der Waals surface area contributed by atoms with Gasteiger partial charge in [-0.1, -0.05) is 13.0 Å². The molecule has 2 amide bonds. The molecule has 0 aromatic heterocycles. The zero-order valence-corrected chi connectivity index (χ0v) is 11.6. The Labute approximate surface area is 117 Å². The van der Waals surface area contributed by atoms with E-state index in [1.54, 1.807) is 6.92 Å². The van der Waals surface area contributed by atoms with Crippen molar-refractivity contribution < 1.29 is 18.7 Å². The van der Waals surface area contributed by atoms with Gasteiger partial charge in [0, 0.05) is 6.54 Å². The van der Waals surface area contributed by atoms with Gasteiger partial charge in [0.2, 0.25) is 0 Å².